The number of benzene rings is 2. The van der Waals surface area contributed by atoms with Crippen molar-refractivity contribution in [2.45, 2.75) is 50.3 Å². The number of thioether (sulfide) groups is 1. The van der Waals surface area contributed by atoms with Crippen LogP contribution in [0.5, 0.6) is 5.75 Å². The van der Waals surface area contributed by atoms with Gasteiger partial charge in [-0.2, -0.15) is 0 Å². The second kappa shape index (κ2) is 12.3. The first-order valence-corrected chi connectivity index (χ1v) is 14.0. The number of hydrogen-bond donors (Lipinski definition) is 1. The number of rotatable bonds is 11. The molecule has 0 unspecified atom stereocenters. The van der Waals surface area contributed by atoms with E-state index in [1.807, 2.05) is 30.0 Å². The van der Waals surface area contributed by atoms with Crippen molar-refractivity contribution in [1.29, 1.82) is 0 Å². The molecule has 2 aromatic carbocycles. The number of carboxylic acid groups (broad SMARTS) is 1. The summed E-state index contributed by atoms with van der Waals surface area (Å²) >= 11 is 8.43. The quantitative estimate of drug-likeness (QED) is 0.217. The van der Waals surface area contributed by atoms with Crippen molar-refractivity contribution in [3.63, 3.8) is 0 Å². The molecule has 7 heteroatoms. The van der Waals surface area contributed by atoms with Gasteiger partial charge in [0.2, 0.25) is 0 Å². The lowest BCUT2D eigenvalue weighted by Crippen LogP contribution is -2.44. The Morgan fingerprint density at radius 2 is 1.97 bits per heavy atom. The number of methoxy groups -OCH3 is 1. The second-order valence-electron chi connectivity index (χ2n) is 9.72. The molecule has 1 aromatic heterocycles. The Kier molecular flexibility index (Phi) is 9.15. The molecule has 1 N–H and O–H groups in total. The fraction of sp³-hybridized carbons (Fsp3) is 0.448. The van der Waals surface area contributed by atoms with Crippen molar-refractivity contribution in [2.24, 2.45) is 5.41 Å². The highest BCUT2D eigenvalue weighted by Crippen LogP contribution is 2.38. The second-order valence-corrected chi connectivity index (χ2v) is 11.3. The van der Waals surface area contributed by atoms with E-state index in [2.05, 4.69) is 41.1 Å². The van der Waals surface area contributed by atoms with Gasteiger partial charge in [-0.1, -0.05) is 29.8 Å². The van der Waals surface area contributed by atoms with Crippen LogP contribution >= 0.6 is 23.4 Å². The Hall–Kier alpha value is -2.28. The van der Waals surface area contributed by atoms with Crippen LogP contribution in [0.25, 0.3) is 10.9 Å². The highest BCUT2D eigenvalue weighted by atomic mass is 35.5. The highest BCUT2D eigenvalue weighted by Gasteiger charge is 2.40. The van der Waals surface area contributed by atoms with E-state index in [4.69, 9.17) is 16.3 Å². The minimum absolute atomic E-state index is 0.624. The van der Waals surface area contributed by atoms with Gasteiger partial charge >= 0.3 is 5.97 Å². The van der Waals surface area contributed by atoms with Gasteiger partial charge in [0, 0.05) is 16.5 Å². The molecular weight excluding hydrogens is 492 g/mol. The molecule has 0 atom stereocenters. The molecule has 0 saturated carbocycles. The maximum absolute atomic E-state index is 12.4. The summed E-state index contributed by atoms with van der Waals surface area (Å²) in [6.07, 6.45) is 6.35. The number of hydrogen-bond acceptors (Lipinski definition) is 5. The van der Waals surface area contributed by atoms with Gasteiger partial charge in [-0.25, -0.2) is 0 Å². The molecule has 1 aliphatic rings. The summed E-state index contributed by atoms with van der Waals surface area (Å²) < 4.78 is 5.38. The van der Waals surface area contributed by atoms with Crippen LogP contribution in [0.3, 0.4) is 0 Å². The minimum atomic E-state index is -0.662. The molecule has 192 valence electrons. The molecule has 0 bridgehead atoms. The van der Waals surface area contributed by atoms with Gasteiger partial charge in [0.1, 0.15) is 5.75 Å². The smallest absolute Gasteiger partial charge is 0.309 e. The molecule has 1 saturated heterocycles. The average molecular weight is 527 g/mol. The molecule has 1 aliphatic heterocycles. The van der Waals surface area contributed by atoms with Gasteiger partial charge in [0.05, 0.1) is 23.1 Å². The first-order valence-electron chi connectivity index (χ1n) is 12.7. The lowest BCUT2D eigenvalue weighted by Gasteiger charge is -2.39. The number of carboxylic acids is 1. The topological polar surface area (TPSA) is 62.7 Å². The monoisotopic (exact) mass is 526 g/mol. The maximum Gasteiger partial charge on any atom is 0.309 e. The van der Waals surface area contributed by atoms with Crippen LogP contribution in [0.15, 0.2) is 53.6 Å². The van der Waals surface area contributed by atoms with E-state index in [9.17, 15) is 9.90 Å². The predicted molar refractivity (Wildman–Crippen MR) is 149 cm³/mol. The number of pyridine rings is 1. The van der Waals surface area contributed by atoms with E-state index in [1.54, 1.807) is 13.3 Å². The van der Waals surface area contributed by atoms with Crippen molar-refractivity contribution in [1.82, 2.24) is 9.88 Å². The van der Waals surface area contributed by atoms with E-state index in [1.165, 1.54) is 10.5 Å². The number of carbonyl (C=O) groups is 1. The molecule has 1 fully saturated rings. The summed E-state index contributed by atoms with van der Waals surface area (Å²) in [5.74, 6) is 1.18. The third-order valence-electron chi connectivity index (χ3n) is 7.45. The number of nitrogens with zero attached hydrogens (tertiary/aromatic N) is 2. The number of aryl methyl sites for hydroxylation is 2. The molecular formula is C29H35ClN2O3S. The van der Waals surface area contributed by atoms with Crippen LogP contribution in [0.1, 0.15) is 43.2 Å². The van der Waals surface area contributed by atoms with Crippen molar-refractivity contribution in [3.05, 3.63) is 64.8 Å². The number of aliphatic carboxylic acids is 1. The zero-order chi connectivity index (χ0) is 25.5. The van der Waals surface area contributed by atoms with Gasteiger partial charge in [0.15, 0.2) is 0 Å². The van der Waals surface area contributed by atoms with Gasteiger partial charge < -0.3 is 14.7 Å². The number of piperidine rings is 1. The zero-order valence-electron chi connectivity index (χ0n) is 21.1. The number of likely N-dealkylation sites (tertiary alicyclic amines) is 1. The summed E-state index contributed by atoms with van der Waals surface area (Å²) in [5.41, 5.74) is 2.56. The normalized spacial score (nSPS) is 15.8. The molecule has 2 heterocycles. The SMILES string of the molecule is COc1ccc2ncc(Cl)c(CCCC3(C(=O)O)CCN(CCCSc4ccccc4C)CC3)c2c1. The largest absolute Gasteiger partial charge is 0.497 e. The molecule has 3 aromatic rings. The van der Waals surface area contributed by atoms with E-state index in [0.29, 0.717) is 24.3 Å². The van der Waals surface area contributed by atoms with Crippen LogP contribution in [0, 0.1) is 12.3 Å². The van der Waals surface area contributed by atoms with E-state index in [-0.39, 0.29) is 0 Å². The van der Waals surface area contributed by atoms with Gasteiger partial charge in [-0.3, -0.25) is 9.78 Å². The Morgan fingerprint density at radius 3 is 2.69 bits per heavy atom. The van der Waals surface area contributed by atoms with Crippen molar-refractivity contribution in [3.8, 4) is 5.75 Å². The highest BCUT2D eigenvalue weighted by molar-refractivity contribution is 7.99. The lowest BCUT2D eigenvalue weighted by atomic mass is 9.74. The Bertz CT molecular complexity index is 1190. The van der Waals surface area contributed by atoms with E-state index >= 15 is 0 Å². The van der Waals surface area contributed by atoms with Crippen LogP contribution in [-0.4, -0.2) is 53.5 Å². The Balaban J connectivity index is 1.29. The summed E-state index contributed by atoms with van der Waals surface area (Å²) in [4.78, 5) is 20.6. The summed E-state index contributed by atoms with van der Waals surface area (Å²) in [5, 5.41) is 11.8. The fourth-order valence-electron chi connectivity index (χ4n) is 5.15. The average Bonchev–Trinajstić information content (AvgIpc) is 2.89. The summed E-state index contributed by atoms with van der Waals surface area (Å²) in [7, 11) is 1.64. The number of ether oxygens (including phenoxy) is 1. The zero-order valence-corrected chi connectivity index (χ0v) is 22.7. The van der Waals surface area contributed by atoms with Crippen molar-refractivity contribution in [2.75, 3.05) is 32.5 Å². The first-order chi connectivity index (χ1) is 17.4. The lowest BCUT2D eigenvalue weighted by molar-refractivity contribution is -0.152. The maximum atomic E-state index is 12.4. The molecule has 5 nitrogen and oxygen atoms in total. The van der Waals surface area contributed by atoms with Gasteiger partial charge in [-0.05, 0) is 106 Å². The summed E-state index contributed by atoms with van der Waals surface area (Å²) in [6, 6.07) is 14.3. The summed E-state index contributed by atoms with van der Waals surface area (Å²) in [6.45, 7) is 4.87. The number of fused-ring (bicyclic) bond motifs is 1. The van der Waals surface area contributed by atoms with Crippen LogP contribution in [0.2, 0.25) is 5.02 Å². The minimum Gasteiger partial charge on any atom is -0.497 e. The third-order valence-corrected chi connectivity index (χ3v) is 9.04. The molecule has 0 amide bonds. The van der Waals surface area contributed by atoms with Crippen LogP contribution < -0.4 is 4.74 Å². The first kappa shape index (κ1) is 26.8. The molecule has 0 aliphatic carbocycles. The number of aromatic nitrogens is 1. The van der Waals surface area contributed by atoms with E-state index < -0.39 is 11.4 Å². The third kappa shape index (κ3) is 6.34. The molecule has 4 rings (SSSR count). The van der Waals surface area contributed by atoms with Crippen molar-refractivity contribution < 1.29 is 14.6 Å². The standard InChI is InChI=1S/C29H35ClN2O3S/c1-21-7-3-4-9-27(21)36-18-6-15-32-16-13-29(14-17-32,28(33)34)12-5-8-23-24-19-22(35-2)10-11-26(24)31-20-25(23)30/h3-4,7,9-11,19-20H,5-6,8,12-18H2,1-2H3,(H,33,34). The molecule has 0 spiro atoms. The Morgan fingerprint density at radius 1 is 1.19 bits per heavy atom. The Labute approximate surface area is 223 Å². The fourth-order valence-corrected chi connectivity index (χ4v) is 6.36. The van der Waals surface area contributed by atoms with E-state index in [0.717, 1.165) is 66.9 Å². The van der Waals surface area contributed by atoms with Gasteiger partial charge in [0.25, 0.3) is 0 Å². The van der Waals surface area contributed by atoms with Gasteiger partial charge in [-0.15, -0.1) is 11.8 Å². The van der Waals surface area contributed by atoms with Crippen molar-refractivity contribution >= 4 is 40.2 Å². The molecule has 36 heavy (non-hydrogen) atoms. The van der Waals surface area contributed by atoms with Crippen LogP contribution in [-0.2, 0) is 11.2 Å². The predicted octanol–water partition coefficient (Wildman–Crippen LogP) is 6.88. The van der Waals surface area contributed by atoms with Crippen LogP contribution in [0.4, 0.5) is 0 Å². The molecule has 0 radical (unpaired) electrons. The number of halogens is 1.